The molecule has 22 heavy (non-hydrogen) atoms. The van der Waals surface area contributed by atoms with Crippen LogP contribution in [0.4, 0.5) is 0 Å². The van der Waals surface area contributed by atoms with E-state index in [1.165, 1.54) is 36.1 Å². The van der Waals surface area contributed by atoms with Crippen molar-refractivity contribution in [1.29, 1.82) is 0 Å². The fraction of sp³-hybridized carbons (Fsp3) is 0.412. The Morgan fingerprint density at radius 1 is 1.32 bits per heavy atom. The Morgan fingerprint density at radius 2 is 2.18 bits per heavy atom. The first-order valence-electron chi connectivity index (χ1n) is 7.92. The topological polar surface area (TPSA) is 35.1 Å². The number of nitrogens with zero attached hydrogens (tertiary/aromatic N) is 4. The number of hydrogen-bond acceptors (Lipinski definition) is 2. The summed E-state index contributed by atoms with van der Waals surface area (Å²) in [4.78, 5) is 4.59. The molecular weight excluding hydrogens is 340 g/mol. The fourth-order valence-corrected chi connectivity index (χ4v) is 3.32. The van der Waals surface area contributed by atoms with E-state index in [1.807, 2.05) is 16.9 Å². The van der Waals surface area contributed by atoms with Crippen LogP contribution in [0.5, 0.6) is 0 Å². The second kappa shape index (κ2) is 5.54. The first-order valence-corrected chi connectivity index (χ1v) is 8.71. The predicted molar refractivity (Wildman–Crippen MR) is 90.2 cm³/mol. The molecule has 0 N–H and O–H groups in total. The minimum atomic E-state index is 0.626. The largest absolute Gasteiger partial charge is 0.349 e. The molecule has 1 saturated carbocycles. The van der Waals surface area contributed by atoms with Crippen molar-refractivity contribution in [2.24, 2.45) is 0 Å². The summed E-state index contributed by atoms with van der Waals surface area (Å²) in [6, 6.07) is 2.22. The molecule has 3 aromatic rings. The highest BCUT2D eigenvalue weighted by Crippen LogP contribution is 2.41. The van der Waals surface area contributed by atoms with Gasteiger partial charge in [0.05, 0.1) is 16.7 Å². The van der Waals surface area contributed by atoms with Gasteiger partial charge in [-0.05, 0) is 46.8 Å². The van der Waals surface area contributed by atoms with E-state index in [2.05, 4.69) is 50.9 Å². The molecule has 4 rings (SSSR count). The van der Waals surface area contributed by atoms with Gasteiger partial charge in [-0.25, -0.2) is 9.50 Å². The smallest absolute Gasteiger partial charge is 0.160 e. The van der Waals surface area contributed by atoms with Crippen LogP contribution in [0.3, 0.4) is 0 Å². The standard InChI is InChI=1S/C17H19BrN4/c1-2-3-12-6-7-21(9-12)11-15-16(13-4-5-13)20-22-10-14(18)8-19-17(15)22/h6-10,13H,2-5,11H2,1H3. The number of halogens is 1. The molecule has 0 unspecified atom stereocenters. The highest BCUT2D eigenvalue weighted by molar-refractivity contribution is 9.10. The lowest BCUT2D eigenvalue weighted by Crippen LogP contribution is -2.00. The summed E-state index contributed by atoms with van der Waals surface area (Å²) in [5, 5.41) is 4.79. The van der Waals surface area contributed by atoms with Gasteiger partial charge in [-0.1, -0.05) is 13.3 Å². The molecule has 1 aliphatic carbocycles. The van der Waals surface area contributed by atoms with Crippen molar-refractivity contribution in [3.63, 3.8) is 0 Å². The van der Waals surface area contributed by atoms with Gasteiger partial charge >= 0.3 is 0 Å². The van der Waals surface area contributed by atoms with Gasteiger partial charge in [0, 0.05) is 36.3 Å². The Labute approximate surface area is 138 Å². The minimum absolute atomic E-state index is 0.626. The second-order valence-electron chi connectivity index (χ2n) is 6.12. The van der Waals surface area contributed by atoms with Crippen LogP contribution in [0.2, 0.25) is 0 Å². The van der Waals surface area contributed by atoms with E-state index in [0.29, 0.717) is 5.92 Å². The van der Waals surface area contributed by atoms with Gasteiger partial charge in [-0.15, -0.1) is 0 Å². The van der Waals surface area contributed by atoms with Crippen LogP contribution >= 0.6 is 15.9 Å². The molecule has 0 spiro atoms. The van der Waals surface area contributed by atoms with Crippen LogP contribution in [0.25, 0.3) is 5.65 Å². The van der Waals surface area contributed by atoms with Gasteiger partial charge in [0.15, 0.2) is 5.65 Å². The number of aryl methyl sites for hydroxylation is 1. The maximum atomic E-state index is 4.79. The van der Waals surface area contributed by atoms with Gasteiger partial charge in [0.2, 0.25) is 0 Å². The van der Waals surface area contributed by atoms with Crippen LogP contribution < -0.4 is 0 Å². The predicted octanol–water partition coefficient (Wildman–Crippen LogP) is 4.17. The molecule has 0 atom stereocenters. The van der Waals surface area contributed by atoms with E-state index >= 15 is 0 Å². The summed E-state index contributed by atoms with van der Waals surface area (Å²) in [5.74, 6) is 0.626. The molecule has 0 aromatic carbocycles. The lowest BCUT2D eigenvalue weighted by atomic mass is 10.1. The third-order valence-electron chi connectivity index (χ3n) is 4.22. The van der Waals surface area contributed by atoms with Crippen LogP contribution in [-0.4, -0.2) is 19.2 Å². The molecule has 0 bridgehead atoms. The van der Waals surface area contributed by atoms with Crippen molar-refractivity contribution in [3.8, 4) is 0 Å². The summed E-state index contributed by atoms with van der Waals surface area (Å²) in [5.41, 5.74) is 4.89. The number of aromatic nitrogens is 4. The Hall–Kier alpha value is -1.62. The zero-order chi connectivity index (χ0) is 15.1. The normalized spacial score (nSPS) is 14.8. The minimum Gasteiger partial charge on any atom is -0.349 e. The molecule has 5 heteroatoms. The average Bonchev–Trinajstić information content (AvgIpc) is 3.16. The van der Waals surface area contributed by atoms with E-state index in [-0.39, 0.29) is 0 Å². The molecule has 1 fully saturated rings. The molecular formula is C17H19BrN4. The third-order valence-corrected chi connectivity index (χ3v) is 4.63. The van der Waals surface area contributed by atoms with Gasteiger partial charge in [-0.2, -0.15) is 5.10 Å². The Balaban J connectivity index is 1.73. The summed E-state index contributed by atoms with van der Waals surface area (Å²) in [6.07, 6.45) is 13.1. The van der Waals surface area contributed by atoms with Crippen molar-refractivity contribution in [1.82, 2.24) is 19.2 Å². The van der Waals surface area contributed by atoms with Crippen molar-refractivity contribution in [2.75, 3.05) is 0 Å². The molecule has 0 aliphatic heterocycles. The van der Waals surface area contributed by atoms with Gasteiger partial charge in [0.1, 0.15) is 0 Å². The number of rotatable bonds is 5. The summed E-state index contributed by atoms with van der Waals surface area (Å²) < 4.78 is 5.14. The molecule has 0 saturated heterocycles. The quantitative estimate of drug-likeness (QED) is 0.685. The second-order valence-corrected chi connectivity index (χ2v) is 7.04. The van der Waals surface area contributed by atoms with Gasteiger partial charge in [0.25, 0.3) is 0 Å². The number of fused-ring (bicyclic) bond motifs is 1. The lowest BCUT2D eigenvalue weighted by molar-refractivity contribution is 0.787. The molecule has 0 amide bonds. The van der Waals surface area contributed by atoms with Crippen molar-refractivity contribution in [3.05, 3.63) is 52.1 Å². The number of hydrogen-bond donors (Lipinski definition) is 0. The molecule has 0 radical (unpaired) electrons. The van der Waals surface area contributed by atoms with Crippen molar-refractivity contribution >= 4 is 21.6 Å². The van der Waals surface area contributed by atoms with Crippen LogP contribution in [0.1, 0.15) is 48.9 Å². The van der Waals surface area contributed by atoms with Gasteiger partial charge in [-0.3, -0.25) is 0 Å². The van der Waals surface area contributed by atoms with E-state index in [9.17, 15) is 0 Å². The zero-order valence-corrected chi connectivity index (χ0v) is 14.3. The van der Waals surface area contributed by atoms with Crippen LogP contribution in [0, 0.1) is 0 Å². The zero-order valence-electron chi connectivity index (χ0n) is 12.7. The van der Waals surface area contributed by atoms with Crippen molar-refractivity contribution in [2.45, 2.75) is 45.1 Å². The van der Waals surface area contributed by atoms with Crippen molar-refractivity contribution < 1.29 is 0 Å². The Bertz CT molecular complexity index is 813. The van der Waals surface area contributed by atoms with Gasteiger partial charge < -0.3 is 4.57 Å². The highest BCUT2D eigenvalue weighted by Gasteiger charge is 2.30. The highest BCUT2D eigenvalue weighted by atomic mass is 79.9. The maximum Gasteiger partial charge on any atom is 0.160 e. The maximum absolute atomic E-state index is 4.79. The summed E-state index contributed by atoms with van der Waals surface area (Å²) in [6.45, 7) is 3.07. The molecule has 1 aliphatic rings. The van der Waals surface area contributed by atoms with Crippen LogP contribution in [-0.2, 0) is 13.0 Å². The molecule has 3 aromatic heterocycles. The van der Waals surface area contributed by atoms with E-state index < -0.39 is 0 Å². The van der Waals surface area contributed by atoms with E-state index in [1.54, 1.807) is 0 Å². The Kier molecular flexibility index (Phi) is 3.53. The molecule has 114 valence electrons. The lowest BCUT2D eigenvalue weighted by Gasteiger charge is -2.04. The first-order chi connectivity index (χ1) is 10.7. The average molecular weight is 359 g/mol. The molecule has 4 nitrogen and oxygen atoms in total. The third kappa shape index (κ3) is 2.58. The first kappa shape index (κ1) is 14.0. The summed E-state index contributed by atoms with van der Waals surface area (Å²) in [7, 11) is 0. The monoisotopic (exact) mass is 358 g/mol. The SMILES string of the molecule is CCCc1ccn(Cc2c(C3CC3)nn3cc(Br)cnc23)c1. The van der Waals surface area contributed by atoms with Crippen LogP contribution in [0.15, 0.2) is 35.3 Å². The summed E-state index contributed by atoms with van der Waals surface area (Å²) >= 11 is 3.48. The fourth-order valence-electron chi connectivity index (χ4n) is 3.02. The van der Waals surface area contributed by atoms with E-state index in [0.717, 1.165) is 23.1 Å². The molecule has 3 heterocycles. The van der Waals surface area contributed by atoms with E-state index in [4.69, 9.17) is 5.10 Å². The Morgan fingerprint density at radius 3 is 2.95 bits per heavy atom.